The molecule has 2 saturated heterocycles. The maximum Gasteiger partial charge on any atom is 0.0624 e. The second-order valence-corrected chi connectivity index (χ2v) is 25.4. The molecule has 62 heavy (non-hydrogen) atoms. The van der Waals surface area contributed by atoms with Crippen molar-refractivity contribution in [3.05, 3.63) is 0 Å². The van der Waals surface area contributed by atoms with Crippen molar-refractivity contribution in [2.75, 3.05) is 0 Å². The van der Waals surface area contributed by atoms with E-state index in [1.165, 1.54) is 199 Å². The molecule has 8 atom stereocenters. The largest absolute Gasteiger partial charge is 0.294 e. The van der Waals surface area contributed by atoms with E-state index in [1.54, 1.807) is 51.4 Å². The summed E-state index contributed by atoms with van der Waals surface area (Å²) in [6.07, 6.45) is 60.4. The minimum atomic E-state index is 0.531. The molecule has 2 aliphatic heterocycles. The Morgan fingerprint density at radius 2 is 0.597 bits per heavy atom. The van der Waals surface area contributed by atoms with Gasteiger partial charge in [0.05, 0.1) is 18.5 Å². The zero-order valence-corrected chi connectivity index (χ0v) is 40.4. The molecule has 0 radical (unpaired) electrons. The molecule has 3 N–H and O–H groups in total. The number of rotatable bonds is 9. The van der Waals surface area contributed by atoms with Crippen LogP contribution in [-0.2, 0) is 0 Å². The van der Waals surface area contributed by atoms with Crippen molar-refractivity contribution in [2.45, 2.75) is 305 Å². The van der Waals surface area contributed by atoms with E-state index in [2.05, 4.69) is 25.8 Å². The number of nitrogens with zero attached hydrogens (tertiary/aromatic N) is 2. The van der Waals surface area contributed by atoms with E-state index >= 15 is 0 Å². The highest BCUT2D eigenvalue weighted by molar-refractivity contribution is 5.08. The minimum absolute atomic E-state index is 0.531. The third-order valence-electron chi connectivity index (χ3n) is 22.2. The smallest absolute Gasteiger partial charge is 0.0624 e. The summed E-state index contributed by atoms with van der Waals surface area (Å²) in [6.45, 7) is 0. The molecule has 9 saturated carbocycles. The lowest BCUT2D eigenvalue weighted by Gasteiger charge is -2.50. The van der Waals surface area contributed by atoms with Crippen LogP contribution in [0.1, 0.15) is 250 Å². The van der Waals surface area contributed by atoms with E-state index < -0.39 is 0 Å². The number of fused-ring (bicyclic) bond motifs is 3. The monoisotopic (exact) mass is 854 g/mol. The van der Waals surface area contributed by atoms with Crippen LogP contribution in [0.4, 0.5) is 0 Å². The zero-order valence-electron chi connectivity index (χ0n) is 40.4. The predicted octanol–water partition coefficient (Wildman–Crippen LogP) is 13.5. The molecule has 0 aromatic rings. The highest BCUT2D eigenvalue weighted by Crippen LogP contribution is 2.57. The molecule has 8 unspecified atom stereocenters. The fourth-order valence-electron chi connectivity index (χ4n) is 19.1. The molecular formula is C57H99N5. The lowest BCUT2D eigenvalue weighted by molar-refractivity contribution is 0.00346. The SMILES string of the molecule is C1CCC(C2NC(C3CCCCC3)NC(C3CCC(C4CCC5C(C4)C4CC(C6CCC(N(C7CCCCC7)C7CCCCC7)CC6)CCC4N5C4CCCCC4)CC3)N2)CC1. The molecule has 0 aromatic heterocycles. The van der Waals surface area contributed by atoms with Gasteiger partial charge in [0.2, 0.25) is 0 Å². The molecule has 9 aliphatic carbocycles. The van der Waals surface area contributed by atoms with Crippen LogP contribution >= 0.6 is 0 Å². The third-order valence-corrected chi connectivity index (χ3v) is 22.2. The van der Waals surface area contributed by atoms with Gasteiger partial charge in [-0.1, -0.05) is 96.3 Å². The van der Waals surface area contributed by atoms with Crippen molar-refractivity contribution >= 4 is 0 Å². The predicted molar refractivity (Wildman–Crippen MR) is 259 cm³/mol. The van der Waals surface area contributed by atoms with E-state index in [0.717, 1.165) is 89.5 Å². The summed E-state index contributed by atoms with van der Waals surface area (Å²) in [7, 11) is 0. The zero-order chi connectivity index (χ0) is 41.2. The number of hydrogen-bond acceptors (Lipinski definition) is 5. The van der Waals surface area contributed by atoms with Gasteiger partial charge in [-0.05, 0) is 207 Å². The summed E-state index contributed by atoms with van der Waals surface area (Å²) in [5.41, 5.74) is 0. The van der Waals surface area contributed by atoms with Crippen molar-refractivity contribution in [3.8, 4) is 0 Å². The van der Waals surface area contributed by atoms with Gasteiger partial charge >= 0.3 is 0 Å². The van der Waals surface area contributed by atoms with E-state index in [4.69, 9.17) is 0 Å². The fourth-order valence-corrected chi connectivity index (χ4v) is 19.1. The Morgan fingerprint density at radius 1 is 0.274 bits per heavy atom. The Kier molecular flexibility index (Phi) is 15.0. The van der Waals surface area contributed by atoms with Gasteiger partial charge < -0.3 is 0 Å². The van der Waals surface area contributed by atoms with Gasteiger partial charge in [0.25, 0.3) is 0 Å². The molecule has 352 valence electrons. The molecule has 0 bridgehead atoms. The second kappa shape index (κ2) is 21.0. The Morgan fingerprint density at radius 3 is 1.03 bits per heavy atom. The Labute approximate surface area is 382 Å². The standard InChI is InChI=1S/C57H99N5/c1-6-16-42(17-7-1)55-58-56(43-18-8-2-9-19-43)60-57(59-55)44-28-26-40(27-29-44)45-32-36-53-51(38-45)52-39-46(33-37-54(52)62(53)49-24-14-5-15-25-49)41-30-34-50(35-31-41)61(47-20-10-3-11-21-47)48-22-12-4-13-23-48/h40-60H,1-39H2. The molecule has 5 heteroatoms. The average molecular weight is 854 g/mol. The Balaban J connectivity index is 0.732. The highest BCUT2D eigenvalue weighted by atomic mass is 15.4. The van der Waals surface area contributed by atoms with Crippen LogP contribution in [-0.4, -0.2) is 64.5 Å². The molecule has 11 rings (SSSR count). The first-order valence-electron chi connectivity index (χ1n) is 29.6. The first-order chi connectivity index (χ1) is 30.7. The third kappa shape index (κ3) is 9.73. The molecule has 11 aliphatic rings. The van der Waals surface area contributed by atoms with Gasteiger partial charge in [-0.3, -0.25) is 25.8 Å². The lowest BCUT2D eigenvalue weighted by Crippen LogP contribution is -2.72. The van der Waals surface area contributed by atoms with E-state index in [0.29, 0.717) is 18.5 Å². The van der Waals surface area contributed by atoms with Gasteiger partial charge in [0.1, 0.15) is 0 Å². The number of likely N-dealkylation sites (tertiary alicyclic amines) is 1. The van der Waals surface area contributed by atoms with Crippen molar-refractivity contribution in [3.63, 3.8) is 0 Å². The van der Waals surface area contributed by atoms with Crippen molar-refractivity contribution in [1.82, 2.24) is 25.8 Å². The fraction of sp³-hybridized carbons (Fsp3) is 1.00. The molecule has 2 heterocycles. The molecule has 11 fully saturated rings. The summed E-state index contributed by atoms with van der Waals surface area (Å²) in [5, 5.41) is 12.8. The van der Waals surface area contributed by atoms with Gasteiger partial charge in [-0.15, -0.1) is 0 Å². The van der Waals surface area contributed by atoms with Gasteiger partial charge in [0, 0.05) is 36.3 Å². The molecule has 0 aromatic carbocycles. The van der Waals surface area contributed by atoms with E-state index in [1.807, 2.05) is 0 Å². The molecule has 5 nitrogen and oxygen atoms in total. The van der Waals surface area contributed by atoms with Gasteiger partial charge in [0.15, 0.2) is 0 Å². The van der Waals surface area contributed by atoms with Crippen molar-refractivity contribution < 1.29 is 0 Å². The molecule has 0 amide bonds. The summed E-state index contributed by atoms with van der Waals surface area (Å²) in [6, 6.07) is 5.57. The first-order valence-corrected chi connectivity index (χ1v) is 29.6. The average Bonchev–Trinajstić information content (AvgIpc) is 3.69. The first kappa shape index (κ1) is 44.3. The number of hydrogen-bond donors (Lipinski definition) is 3. The molecule has 0 spiro atoms. The minimum Gasteiger partial charge on any atom is -0.294 e. The van der Waals surface area contributed by atoms with Crippen LogP contribution in [0.15, 0.2) is 0 Å². The van der Waals surface area contributed by atoms with Crippen molar-refractivity contribution in [1.29, 1.82) is 0 Å². The topological polar surface area (TPSA) is 42.6 Å². The van der Waals surface area contributed by atoms with Crippen LogP contribution in [0.2, 0.25) is 0 Å². The summed E-state index contributed by atoms with van der Waals surface area (Å²) >= 11 is 0. The van der Waals surface area contributed by atoms with Crippen LogP contribution in [0.25, 0.3) is 0 Å². The van der Waals surface area contributed by atoms with Crippen LogP contribution in [0, 0.1) is 53.3 Å². The van der Waals surface area contributed by atoms with Crippen LogP contribution in [0.5, 0.6) is 0 Å². The van der Waals surface area contributed by atoms with Crippen LogP contribution < -0.4 is 16.0 Å². The van der Waals surface area contributed by atoms with E-state index in [9.17, 15) is 0 Å². The van der Waals surface area contributed by atoms with E-state index in [-0.39, 0.29) is 0 Å². The molecular weight excluding hydrogens is 755 g/mol. The maximum absolute atomic E-state index is 4.29. The summed E-state index contributed by atoms with van der Waals surface area (Å²) < 4.78 is 0. The normalized spacial score (nSPS) is 44.6. The van der Waals surface area contributed by atoms with Crippen molar-refractivity contribution in [2.24, 2.45) is 53.3 Å². The van der Waals surface area contributed by atoms with Crippen LogP contribution in [0.3, 0.4) is 0 Å². The second-order valence-electron chi connectivity index (χ2n) is 25.4. The quantitative estimate of drug-likeness (QED) is 0.216. The number of nitrogens with one attached hydrogen (secondary N) is 3. The Hall–Kier alpha value is -0.200. The summed E-state index contributed by atoms with van der Waals surface area (Å²) in [5.74, 6) is 8.65. The lowest BCUT2D eigenvalue weighted by atomic mass is 9.61. The van der Waals surface area contributed by atoms with Gasteiger partial charge in [-0.25, -0.2) is 0 Å². The Bertz CT molecular complexity index is 1300. The summed E-state index contributed by atoms with van der Waals surface area (Å²) in [4.78, 5) is 6.58. The van der Waals surface area contributed by atoms with Gasteiger partial charge in [-0.2, -0.15) is 0 Å². The highest BCUT2D eigenvalue weighted by Gasteiger charge is 2.55. The maximum atomic E-state index is 4.29.